The molecule has 0 aliphatic heterocycles. The van der Waals surface area contributed by atoms with E-state index in [0.717, 1.165) is 16.0 Å². The van der Waals surface area contributed by atoms with Gasteiger partial charge in [0.1, 0.15) is 11.4 Å². The molecule has 0 N–H and O–H groups in total. The van der Waals surface area contributed by atoms with E-state index in [9.17, 15) is 5.21 Å². The first-order chi connectivity index (χ1) is 9.21. The summed E-state index contributed by atoms with van der Waals surface area (Å²) in [6.45, 7) is 3.84. The Morgan fingerprint density at radius 1 is 1.11 bits per heavy atom. The number of benzene rings is 1. The molecule has 1 heterocycles. The minimum absolute atomic E-state index is 0.453. The summed E-state index contributed by atoms with van der Waals surface area (Å²) in [5.41, 5.74) is 2.16. The zero-order valence-corrected chi connectivity index (χ0v) is 11.4. The maximum atomic E-state index is 12.1. The molecule has 2 rings (SSSR count). The van der Waals surface area contributed by atoms with Crippen molar-refractivity contribution in [1.29, 1.82) is 0 Å². The normalized spacial score (nSPS) is 10.5. The fourth-order valence-corrected chi connectivity index (χ4v) is 1.96. The number of nitrogens with zero attached hydrogens (tertiary/aromatic N) is 3. The van der Waals surface area contributed by atoms with E-state index in [0.29, 0.717) is 30.1 Å². The van der Waals surface area contributed by atoms with E-state index in [1.807, 2.05) is 38.1 Å². The molecule has 2 aromatic rings. The highest BCUT2D eigenvalue weighted by Crippen LogP contribution is 2.22. The fourth-order valence-electron chi connectivity index (χ4n) is 1.96. The minimum atomic E-state index is 0.453. The molecule has 5 heteroatoms. The van der Waals surface area contributed by atoms with Gasteiger partial charge in [-0.3, -0.25) is 0 Å². The summed E-state index contributed by atoms with van der Waals surface area (Å²) in [4.78, 5) is 0. The summed E-state index contributed by atoms with van der Waals surface area (Å²) < 4.78 is 6.01. The molecule has 0 atom stereocenters. The number of hydrogen-bond acceptors (Lipinski definition) is 4. The van der Waals surface area contributed by atoms with Crippen molar-refractivity contribution in [3.05, 3.63) is 41.0 Å². The molecule has 0 amide bonds. The van der Waals surface area contributed by atoms with Gasteiger partial charge in [0, 0.05) is 12.0 Å². The Kier molecular flexibility index (Phi) is 3.94. The highest BCUT2D eigenvalue weighted by molar-refractivity contribution is 5.61. The highest BCUT2D eigenvalue weighted by atomic mass is 16.5. The second-order valence-corrected chi connectivity index (χ2v) is 4.14. The molecule has 0 saturated heterocycles. The monoisotopic (exact) mass is 259 g/mol. The highest BCUT2D eigenvalue weighted by Gasteiger charge is 2.17. The van der Waals surface area contributed by atoms with Gasteiger partial charge in [-0.25, -0.2) is 4.73 Å². The molecule has 5 nitrogen and oxygen atoms in total. The van der Waals surface area contributed by atoms with Gasteiger partial charge in [0.25, 0.3) is 0 Å². The second kappa shape index (κ2) is 5.65. The zero-order valence-electron chi connectivity index (χ0n) is 11.4. The Balaban J connectivity index is 2.51. The molecule has 0 bridgehead atoms. The molecule has 0 aliphatic rings. The van der Waals surface area contributed by atoms with Gasteiger partial charge >= 0.3 is 5.82 Å². The van der Waals surface area contributed by atoms with Crippen LogP contribution < -0.4 is 9.47 Å². The topological polar surface area (TPSA) is 62.0 Å². The van der Waals surface area contributed by atoms with Crippen molar-refractivity contribution in [2.75, 3.05) is 7.11 Å². The van der Waals surface area contributed by atoms with Crippen molar-refractivity contribution in [3.8, 4) is 17.0 Å². The Bertz CT molecular complexity index is 568. The van der Waals surface area contributed by atoms with E-state index in [4.69, 9.17) is 4.74 Å². The predicted octanol–water partition coefficient (Wildman–Crippen LogP) is 1.91. The molecule has 100 valence electrons. The van der Waals surface area contributed by atoms with Crippen molar-refractivity contribution in [2.24, 2.45) is 0 Å². The first-order valence-corrected chi connectivity index (χ1v) is 6.33. The third-order valence-corrected chi connectivity index (χ3v) is 3.03. The minimum Gasteiger partial charge on any atom is -0.710 e. The lowest BCUT2D eigenvalue weighted by Gasteiger charge is -2.12. The van der Waals surface area contributed by atoms with Crippen LogP contribution in [0, 0.1) is 5.21 Å². The molecule has 0 saturated carbocycles. The molecule has 0 spiro atoms. The molecule has 0 aliphatic carbocycles. The van der Waals surface area contributed by atoms with Crippen molar-refractivity contribution in [1.82, 2.24) is 10.2 Å². The quantitative estimate of drug-likeness (QED) is 0.621. The van der Waals surface area contributed by atoms with E-state index < -0.39 is 0 Å². The number of aromatic nitrogens is 3. The summed E-state index contributed by atoms with van der Waals surface area (Å²) in [5.74, 6) is 1.23. The summed E-state index contributed by atoms with van der Waals surface area (Å²) >= 11 is 0. The van der Waals surface area contributed by atoms with Gasteiger partial charge in [-0.15, -0.1) is 0 Å². The van der Waals surface area contributed by atoms with E-state index in [2.05, 4.69) is 10.2 Å². The smallest absolute Gasteiger partial charge is 0.329 e. The van der Waals surface area contributed by atoms with Gasteiger partial charge in [0.2, 0.25) is 0 Å². The maximum absolute atomic E-state index is 12.1. The summed E-state index contributed by atoms with van der Waals surface area (Å²) in [6.07, 6.45) is 1.19. The van der Waals surface area contributed by atoms with Crippen LogP contribution in [0.2, 0.25) is 0 Å². The van der Waals surface area contributed by atoms with Crippen LogP contribution in [0.1, 0.15) is 25.4 Å². The van der Waals surface area contributed by atoms with Crippen LogP contribution in [0.3, 0.4) is 0 Å². The van der Waals surface area contributed by atoms with Gasteiger partial charge in [-0.05, 0) is 29.4 Å². The first-order valence-electron chi connectivity index (χ1n) is 6.33. The number of hydrogen-bond donors (Lipinski definition) is 0. The lowest BCUT2D eigenvalue weighted by atomic mass is 10.1. The van der Waals surface area contributed by atoms with Gasteiger partial charge in [0.05, 0.1) is 18.6 Å². The van der Waals surface area contributed by atoms with E-state index in [1.165, 1.54) is 0 Å². The number of methoxy groups -OCH3 is 1. The third-order valence-electron chi connectivity index (χ3n) is 3.03. The average Bonchev–Trinajstić information content (AvgIpc) is 2.47. The summed E-state index contributed by atoms with van der Waals surface area (Å²) in [5, 5.41) is 20.3. The van der Waals surface area contributed by atoms with Gasteiger partial charge in [-0.2, -0.15) is 0 Å². The lowest BCUT2D eigenvalue weighted by molar-refractivity contribution is -0.626. The second-order valence-electron chi connectivity index (χ2n) is 4.14. The van der Waals surface area contributed by atoms with Gasteiger partial charge < -0.3 is 9.94 Å². The van der Waals surface area contributed by atoms with Crippen LogP contribution in [-0.4, -0.2) is 17.3 Å². The largest absolute Gasteiger partial charge is 0.710 e. The van der Waals surface area contributed by atoms with E-state index >= 15 is 0 Å². The number of aryl methyl sites for hydroxylation is 1. The van der Waals surface area contributed by atoms with Gasteiger partial charge in [-0.1, -0.05) is 13.8 Å². The summed E-state index contributed by atoms with van der Waals surface area (Å²) in [6, 6.07) is 7.46. The third kappa shape index (κ3) is 2.50. The first kappa shape index (κ1) is 13.3. The average molecular weight is 259 g/mol. The Labute approximate surface area is 112 Å². The van der Waals surface area contributed by atoms with Crippen molar-refractivity contribution in [2.45, 2.75) is 26.7 Å². The standard InChI is InChI=1S/C14H17N3O2/c1-4-12-14(16-15-13(5-2)17(12)18)10-6-8-11(19-3)9-7-10/h6-9H,4-5H2,1-3H3. The predicted molar refractivity (Wildman–Crippen MR) is 71.7 cm³/mol. The van der Waals surface area contributed by atoms with Crippen LogP contribution in [0.4, 0.5) is 0 Å². The van der Waals surface area contributed by atoms with Crippen LogP contribution >= 0.6 is 0 Å². The number of ether oxygens (including phenoxy) is 1. The Morgan fingerprint density at radius 2 is 1.79 bits per heavy atom. The van der Waals surface area contributed by atoms with Gasteiger partial charge in [0.15, 0.2) is 5.69 Å². The molecule has 0 unspecified atom stereocenters. The summed E-state index contributed by atoms with van der Waals surface area (Å²) in [7, 11) is 1.62. The molecular weight excluding hydrogens is 242 g/mol. The fraction of sp³-hybridized carbons (Fsp3) is 0.357. The van der Waals surface area contributed by atoms with Crippen molar-refractivity contribution in [3.63, 3.8) is 0 Å². The SMILES string of the molecule is CCc1nnc(-c2ccc(OC)cc2)c(CC)[n+]1[O-]. The molecule has 19 heavy (non-hydrogen) atoms. The lowest BCUT2D eigenvalue weighted by Crippen LogP contribution is -2.39. The van der Waals surface area contributed by atoms with Crippen LogP contribution in [-0.2, 0) is 12.8 Å². The van der Waals surface area contributed by atoms with Crippen molar-refractivity contribution >= 4 is 0 Å². The van der Waals surface area contributed by atoms with Crippen molar-refractivity contribution < 1.29 is 9.47 Å². The molecule has 0 radical (unpaired) electrons. The Morgan fingerprint density at radius 3 is 2.32 bits per heavy atom. The van der Waals surface area contributed by atoms with Crippen LogP contribution in [0.5, 0.6) is 5.75 Å². The van der Waals surface area contributed by atoms with Crippen LogP contribution in [0.25, 0.3) is 11.3 Å². The maximum Gasteiger partial charge on any atom is 0.329 e. The molecule has 1 aromatic heterocycles. The molecule has 1 aromatic carbocycles. The van der Waals surface area contributed by atoms with E-state index in [1.54, 1.807) is 7.11 Å². The van der Waals surface area contributed by atoms with Crippen LogP contribution in [0.15, 0.2) is 24.3 Å². The Hall–Kier alpha value is -2.17. The molecular formula is C14H17N3O2. The molecule has 0 fully saturated rings. The van der Waals surface area contributed by atoms with E-state index in [-0.39, 0.29) is 0 Å². The number of rotatable bonds is 4. The zero-order chi connectivity index (χ0) is 13.8.